The van der Waals surface area contributed by atoms with Crippen molar-refractivity contribution in [1.29, 1.82) is 0 Å². The van der Waals surface area contributed by atoms with Gasteiger partial charge < -0.3 is 4.90 Å². The molecule has 1 aromatic heterocycles. The normalized spacial score (nSPS) is 11.0. The van der Waals surface area contributed by atoms with Crippen LogP contribution >= 0.6 is 15.9 Å². The summed E-state index contributed by atoms with van der Waals surface area (Å²) in [5.74, 6) is -0.716. The predicted molar refractivity (Wildman–Crippen MR) is 109 cm³/mol. The number of rotatable bonds is 5. The standard InChI is InChI=1S/C20H19BrFN3O3/c1-23(2)18(26)9-10-24-17-11-15(22)7-8-16(17)19(27)25(20(24)28)12-13-3-5-14(21)6-4-13/h3-8,11H,9-10,12H2,1-2H3. The second-order valence-electron chi connectivity index (χ2n) is 6.65. The smallest absolute Gasteiger partial charge is 0.331 e. The molecule has 0 aliphatic carbocycles. The zero-order valence-electron chi connectivity index (χ0n) is 15.5. The molecular weight excluding hydrogens is 429 g/mol. The van der Waals surface area contributed by atoms with Crippen LogP contribution in [-0.4, -0.2) is 34.0 Å². The molecule has 146 valence electrons. The molecule has 0 aliphatic rings. The lowest BCUT2D eigenvalue weighted by molar-refractivity contribution is -0.128. The maximum Gasteiger partial charge on any atom is 0.331 e. The zero-order valence-corrected chi connectivity index (χ0v) is 17.1. The molecule has 1 amide bonds. The van der Waals surface area contributed by atoms with Gasteiger partial charge in [-0.05, 0) is 35.9 Å². The van der Waals surface area contributed by atoms with Gasteiger partial charge in [-0.25, -0.2) is 9.18 Å². The molecule has 0 atom stereocenters. The first-order valence-electron chi connectivity index (χ1n) is 8.65. The van der Waals surface area contributed by atoms with Crippen LogP contribution in [0.2, 0.25) is 0 Å². The lowest BCUT2D eigenvalue weighted by Gasteiger charge is -2.15. The molecule has 0 unspecified atom stereocenters. The fourth-order valence-electron chi connectivity index (χ4n) is 2.95. The molecular formula is C20H19BrFN3O3. The molecule has 0 N–H and O–H groups in total. The topological polar surface area (TPSA) is 64.3 Å². The minimum atomic E-state index is -0.572. The van der Waals surface area contributed by atoms with Crippen LogP contribution in [0, 0.1) is 5.82 Å². The van der Waals surface area contributed by atoms with Crippen LogP contribution in [0.15, 0.2) is 56.5 Å². The molecule has 1 heterocycles. The number of amides is 1. The van der Waals surface area contributed by atoms with E-state index >= 15 is 0 Å². The fourth-order valence-corrected chi connectivity index (χ4v) is 3.21. The third-order valence-electron chi connectivity index (χ3n) is 4.49. The number of benzene rings is 2. The Labute approximate surface area is 168 Å². The van der Waals surface area contributed by atoms with Crippen molar-refractivity contribution in [2.45, 2.75) is 19.5 Å². The van der Waals surface area contributed by atoms with E-state index in [1.807, 2.05) is 24.3 Å². The van der Waals surface area contributed by atoms with Crippen LogP contribution in [0.1, 0.15) is 12.0 Å². The van der Waals surface area contributed by atoms with Crippen molar-refractivity contribution in [2.75, 3.05) is 14.1 Å². The van der Waals surface area contributed by atoms with E-state index in [9.17, 15) is 18.8 Å². The Kier molecular flexibility index (Phi) is 5.79. The van der Waals surface area contributed by atoms with E-state index in [-0.39, 0.29) is 36.3 Å². The van der Waals surface area contributed by atoms with E-state index in [1.165, 1.54) is 21.6 Å². The number of carbonyl (C=O) groups excluding carboxylic acids is 1. The fraction of sp³-hybridized carbons (Fsp3) is 0.250. The SMILES string of the molecule is CN(C)C(=O)CCn1c(=O)n(Cc2ccc(Br)cc2)c(=O)c2ccc(F)cc21. The van der Waals surface area contributed by atoms with Gasteiger partial charge in [0.25, 0.3) is 5.56 Å². The first-order chi connectivity index (χ1) is 13.3. The maximum atomic E-state index is 13.8. The van der Waals surface area contributed by atoms with E-state index in [0.717, 1.165) is 20.7 Å². The average Bonchev–Trinajstić information content (AvgIpc) is 2.66. The van der Waals surface area contributed by atoms with Crippen molar-refractivity contribution in [3.63, 3.8) is 0 Å². The Morgan fingerprint density at radius 1 is 1.07 bits per heavy atom. The van der Waals surface area contributed by atoms with Gasteiger partial charge in [0.1, 0.15) is 5.82 Å². The van der Waals surface area contributed by atoms with Crippen LogP contribution in [-0.2, 0) is 17.9 Å². The predicted octanol–water partition coefficient (Wildman–Crippen LogP) is 2.59. The lowest BCUT2D eigenvalue weighted by Crippen LogP contribution is -2.41. The van der Waals surface area contributed by atoms with Crippen molar-refractivity contribution in [2.24, 2.45) is 0 Å². The van der Waals surface area contributed by atoms with Crippen LogP contribution in [0.4, 0.5) is 4.39 Å². The Morgan fingerprint density at radius 2 is 1.75 bits per heavy atom. The summed E-state index contributed by atoms with van der Waals surface area (Å²) < 4.78 is 17.1. The van der Waals surface area contributed by atoms with E-state index in [0.29, 0.717) is 0 Å². The third kappa shape index (κ3) is 4.06. The molecule has 6 nitrogen and oxygen atoms in total. The highest BCUT2D eigenvalue weighted by molar-refractivity contribution is 9.10. The first kappa shape index (κ1) is 20.0. The second kappa shape index (κ2) is 8.10. The van der Waals surface area contributed by atoms with E-state index in [4.69, 9.17) is 0 Å². The summed E-state index contributed by atoms with van der Waals surface area (Å²) in [7, 11) is 3.24. The molecule has 8 heteroatoms. The van der Waals surface area contributed by atoms with Gasteiger partial charge in [-0.2, -0.15) is 0 Å². The highest BCUT2D eigenvalue weighted by Gasteiger charge is 2.15. The maximum absolute atomic E-state index is 13.8. The van der Waals surface area contributed by atoms with Crippen molar-refractivity contribution in [3.8, 4) is 0 Å². The third-order valence-corrected chi connectivity index (χ3v) is 5.02. The average molecular weight is 448 g/mol. The Hall–Kier alpha value is -2.74. The number of aromatic nitrogens is 2. The van der Waals surface area contributed by atoms with Gasteiger partial charge in [-0.3, -0.25) is 18.7 Å². The van der Waals surface area contributed by atoms with Crippen LogP contribution in [0.3, 0.4) is 0 Å². The number of hydrogen-bond acceptors (Lipinski definition) is 3. The van der Waals surface area contributed by atoms with Gasteiger partial charge in [0, 0.05) is 31.5 Å². The summed E-state index contributed by atoms with van der Waals surface area (Å²) in [5, 5.41) is 0.232. The summed E-state index contributed by atoms with van der Waals surface area (Å²) in [5.41, 5.74) is -0.0935. The number of halogens is 2. The zero-order chi connectivity index (χ0) is 20.4. The van der Waals surface area contributed by atoms with Crippen molar-refractivity contribution >= 4 is 32.7 Å². The number of aryl methyl sites for hydroxylation is 1. The Bertz CT molecular complexity index is 1150. The number of nitrogens with zero attached hydrogens (tertiary/aromatic N) is 3. The monoisotopic (exact) mass is 447 g/mol. The molecule has 0 bridgehead atoms. The number of carbonyl (C=O) groups is 1. The van der Waals surface area contributed by atoms with Crippen LogP contribution < -0.4 is 11.2 Å². The summed E-state index contributed by atoms with van der Waals surface area (Å²) in [6.45, 7) is 0.135. The summed E-state index contributed by atoms with van der Waals surface area (Å²) in [4.78, 5) is 39.3. The quantitative estimate of drug-likeness (QED) is 0.603. The molecule has 0 aliphatic heterocycles. The van der Waals surface area contributed by atoms with Gasteiger partial charge in [0.2, 0.25) is 5.91 Å². The molecule has 0 radical (unpaired) electrons. The van der Waals surface area contributed by atoms with Crippen LogP contribution in [0.25, 0.3) is 10.9 Å². The van der Waals surface area contributed by atoms with Gasteiger partial charge in [0.15, 0.2) is 0 Å². The molecule has 0 saturated heterocycles. The largest absolute Gasteiger partial charge is 0.349 e. The number of fused-ring (bicyclic) bond motifs is 1. The lowest BCUT2D eigenvalue weighted by atomic mass is 10.2. The molecule has 0 fully saturated rings. The second-order valence-corrected chi connectivity index (χ2v) is 7.57. The Balaban J connectivity index is 2.14. The number of hydrogen-bond donors (Lipinski definition) is 0. The molecule has 3 aromatic rings. The van der Waals surface area contributed by atoms with Crippen molar-refractivity contribution in [3.05, 3.63) is 79.2 Å². The first-order valence-corrected chi connectivity index (χ1v) is 9.44. The van der Waals surface area contributed by atoms with Gasteiger partial charge in [-0.15, -0.1) is 0 Å². The van der Waals surface area contributed by atoms with E-state index in [2.05, 4.69) is 15.9 Å². The van der Waals surface area contributed by atoms with Crippen LogP contribution in [0.5, 0.6) is 0 Å². The Morgan fingerprint density at radius 3 is 2.39 bits per heavy atom. The highest BCUT2D eigenvalue weighted by atomic mass is 79.9. The summed E-state index contributed by atoms with van der Waals surface area (Å²) >= 11 is 3.35. The molecule has 0 spiro atoms. The minimum Gasteiger partial charge on any atom is -0.349 e. The molecule has 2 aromatic carbocycles. The van der Waals surface area contributed by atoms with E-state index in [1.54, 1.807) is 14.1 Å². The van der Waals surface area contributed by atoms with Crippen molar-refractivity contribution < 1.29 is 9.18 Å². The highest BCUT2D eigenvalue weighted by Crippen LogP contribution is 2.13. The summed E-state index contributed by atoms with van der Waals surface area (Å²) in [6, 6.07) is 11.0. The van der Waals surface area contributed by atoms with Gasteiger partial charge >= 0.3 is 5.69 Å². The van der Waals surface area contributed by atoms with Gasteiger partial charge in [-0.1, -0.05) is 28.1 Å². The van der Waals surface area contributed by atoms with Crippen molar-refractivity contribution in [1.82, 2.24) is 14.0 Å². The summed E-state index contributed by atoms with van der Waals surface area (Å²) in [6.07, 6.45) is 0.0645. The minimum absolute atomic E-state index is 0.0520. The molecule has 0 saturated carbocycles. The molecule has 3 rings (SSSR count). The van der Waals surface area contributed by atoms with Gasteiger partial charge in [0.05, 0.1) is 17.4 Å². The molecule has 28 heavy (non-hydrogen) atoms. The van der Waals surface area contributed by atoms with E-state index < -0.39 is 17.1 Å².